The van der Waals surface area contributed by atoms with Crippen LogP contribution >= 0.6 is 0 Å². The Kier molecular flexibility index (Phi) is 4.71. The SMILES string of the molecule is O=C(NCc1cc(F)cc(F)c1)c1ccn2c(-c3cc(F)cc(F)c3)nnc2c1. The number of nitrogens with zero attached hydrogens (tertiary/aromatic N) is 3. The minimum Gasteiger partial charge on any atom is -0.348 e. The summed E-state index contributed by atoms with van der Waals surface area (Å²) in [6.45, 7) is -0.0702. The molecule has 0 saturated heterocycles. The Morgan fingerprint density at radius 2 is 1.48 bits per heavy atom. The Balaban J connectivity index is 1.57. The number of rotatable bonds is 4. The highest BCUT2D eigenvalue weighted by Crippen LogP contribution is 2.21. The molecular weight excluding hydrogens is 388 g/mol. The van der Waals surface area contributed by atoms with Gasteiger partial charge in [-0.15, -0.1) is 10.2 Å². The van der Waals surface area contributed by atoms with Gasteiger partial charge in [-0.25, -0.2) is 17.6 Å². The molecule has 4 aromatic rings. The van der Waals surface area contributed by atoms with Crippen molar-refractivity contribution in [1.29, 1.82) is 0 Å². The average Bonchev–Trinajstić information content (AvgIpc) is 3.08. The second-order valence-electron chi connectivity index (χ2n) is 6.29. The number of pyridine rings is 1. The van der Waals surface area contributed by atoms with Crippen molar-refractivity contribution in [3.8, 4) is 11.4 Å². The standard InChI is InChI=1S/C20H12F4N4O/c21-14-3-11(4-15(22)8-14)10-25-20(29)12-1-2-28-18(7-12)26-27-19(28)13-5-16(23)9-17(24)6-13/h1-9H,10H2,(H,25,29). The van der Waals surface area contributed by atoms with E-state index in [1.165, 1.54) is 22.7 Å². The fraction of sp³-hybridized carbons (Fsp3) is 0.0500. The van der Waals surface area contributed by atoms with Crippen LogP contribution in [0, 0.1) is 23.3 Å². The fourth-order valence-electron chi connectivity index (χ4n) is 2.91. The lowest BCUT2D eigenvalue weighted by atomic mass is 10.2. The Morgan fingerprint density at radius 1 is 0.862 bits per heavy atom. The van der Waals surface area contributed by atoms with Crippen molar-refractivity contribution in [2.45, 2.75) is 6.54 Å². The summed E-state index contributed by atoms with van der Waals surface area (Å²) >= 11 is 0. The predicted octanol–water partition coefficient (Wildman–Crippen LogP) is 3.88. The fourth-order valence-corrected chi connectivity index (χ4v) is 2.91. The molecule has 5 nitrogen and oxygen atoms in total. The summed E-state index contributed by atoms with van der Waals surface area (Å²) < 4.78 is 54.9. The Labute approximate surface area is 161 Å². The zero-order chi connectivity index (χ0) is 20.5. The van der Waals surface area contributed by atoms with Crippen LogP contribution in [0.15, 0.2) is 54.7 Å². The zero-order valence-corrected chi connectivity index (χ0v) is 14.7. The number of benzene rings is 2. The smallest absolute Gasteiger partial charge is 0.251 e. The van der Waals surface area contributed by atoms with Crippen LogP contribution in [0.2, 0.25) is 0 Å². The molecule has 1 N–H and O–H groups in total. The van der Waals surface area contributed by atoms with E-state index < -0.39 is 29.2 Å². The van der Waals surface area contributed by atoms with Crippen molar-refractivity contribution < 1.29 is 22.4 Å². The van der Waals surface area contributed by atoms with E-state index in [1.54, 1.807) is 0 Å². The van der Waals surface area contributed by atoms with Gasteiger partial charge in [0.2, 0.25) is 0 Å². The Hall–Kier alpha value is -3.75. The maximum atomic E-state index is 13.5. The maximum absolute atomic E-state index is 13.5. The van der Waals surface area contributed by atoms with E-state index in [2.05, 4.69) is 15.5 Å². The van der Waals surface area contributed by atoms with Crippen molar-refractivity contribution in [2.24, 2.45) is 0 Å². The summed E-state index contributed by atoms with van der Waals surface area (Å²) in [4.78, 5) is 12.3. The lowest BCUT2D eigenvalue weighted by molar-refractivity contribution is 0.0950. The van der Waals surface area contributed by atoms with E-state index in [4.69, 9.17) is 0 Å². The minimum atomic E-state index is -0.749. The Bertz CT molecular complexity index is 1200. The number of fused-ring (bicyclic) bond motifs is 1. The van der Waals surface area contributed by atoms with E-state index >= 15 is 0 Å². The molecule has 9 heteroatoms. The number of halogens is 4. The third-order valence-electron chi connectivity index (χ3n) is 4.17. The van der Waals surface area contributed by atoms with Crippen LogP contribution in [0.3, 0.4) is 0 Å². The number of aromatic nitrogens is 3. The predicted molar refractivity (Wildman–Crippen MR) is 95.9 cm³/mol. The van der Waals surface area contributed by atoms with Gasteiger partial charge in [-0.1, -0.05) is 0 Å². The molecule has 0 spiro atoms. The van der Waals surface area contributed by atoms with Crippen LogP contribution in [0.4, 0.5) is 17.6 Å². The molecule has 0 saturated carbocycles. The summed E-state index contributed by atoms with van der Waals surface area (Å²) in [6, 6.07) is 8.89. The molecule has 0 fully saturated rings. The van der Waals surface area contributed by atoms with Crippen molar-refractivity contribution >= 4 is 11.6 Å². The van der Waals surface area contributed by atoms with Crippen molar-refractivity contribution in [3.63, 3.8) is 0 Å². The van der Waals surface area contributed by atoms with Gasteiger partial charge in [0.05, 0.1) is 0 Å². The molecule has 29 heavy (non-hydrogen) atoms. The highest BCUT2D eigenvalue weighted by atomic mass is 19.1. The highest BCUT2D eigenvalue weighted by Gasteiger charge is 2.13. The van der Waals surface area contributed by atoms with E-state index in [9.17, 15) is 22.4 Å². The van der Waals surface area contributed by atoms with Gasteiger partial charge in [0, 0.05) is 36.0 Å². The molecule has 1 amide bonds. The van der Waals surface area contributed by atoms with E-state index in [-0.39, 0.29) is 34.7 Å². The number of carbonyl (C=O) groups is 1. The summed E-state index contributed by atoms with van der Waals surface area (Å²) in [5.74, 6) is -3.25. The summed E-state index contributed by atoms with van der Waals surface area (Å²) in [6.07, 6.45) is 1.49. The maximum Gasteiger partial charge on any atom is 0.251 e. The third kappa shape index (κ3) is 3.93. The molecule has 0 aliphatic carbocycles. The van der Waals surface area contributed by atoms with Crippen LogP contribution in [0.25, 0.3) is 17.0 Å². The van der Waals surface area contributed by atoms with Crippen LogP contribution < -0.4 is 5.32 Å². The number of nitrogens with one attached hydrogen (secondary N) is 1. The molecule has 0 bridgehead atoms. The van der Waals surface area contributed by atoms with Gasteiger partial charge in [-0.3, -0.25) is 9.20 Å². The zero-order valence-electron chi connectivity index (χ0n) is 14.7. The van der Waals surface area contributed by atoms with E-state index in [0.29, 0.717) is 0 Å². The largest absolute Gasteiger partial charge is 0.348 e. The van der Waals surface area contributed by atoms with Gasteiger partial charge < -0.3 is 5.32 Å². The van der Waals surface area contributed by atoms with Crippen LogP contribution in [-0.4, -0.2) is 20.5 Å². The second-order valence-corrected chi connectivity index (χ2v) is 6.29. The normalized spacial score (nSPS) is 11.0. The number of hydrogen-bond donors (Lipinski definition) is 1. The van der Waals surface area contributed by atoms with Gasteiger partial charge in [-0.2, -0.15) is 0 Å². The van der Waals surface area contributed by atoms with Gasteiger partial charge >= 0.3 is 0 Å². The summed E-state index contributed by atoms with van der Waals surface area (Å²) in [7, 11) is 0. The van der Waals surface area contributed by atoms with Crippen LogP contribution in [0.5, 0.6) is 0 Å². The molecule has 0 aliphatic heterocycles. The first-order chi connectivity index (χ1) is 13.9. The lowest BCUT2D eigenvalue weighted by Gasteiger charge is -2.07. The quantitative estimate of drug-likeness (QED) is 0.529. The number of carbonyl (C=O) groups excluding carboxylic acids is 1. The van der Waals surface area contributed by atoms with Crippen molar-refractivity contribution in [2.75, 3.05) is 0 Å². The van der Waals surface area contributed by atoms with Crippen LogP contribution in [-0.2, 0) is 6.54 Å². The molecule has 0 aliphatic rings. The first-order valence-electron chi connectivity index (χ1n) is 8.43. The molecule has 2 aromatic heterocycles. The molecule has 146 valence electrons. The third-order valence-corrected chi connectivity index (χ3v) is 4.17. The second kappa shape index (κ2) is 7.34. The monoisotopic (exact) mass is 400 g/mol. The lowest BCUT2D eigenvalue weighted by Crippen LogP contribution is -2.23. The topological polar surface area (TPSA) is 59.3 Å². The Morgan fingerprint density at radius 3 is 2.14 bits per heavy atom. The van der Waals surface area contributed by atoms with Gasteiger partial charge in [0.1, 0.15) is 23.3 Å². The van der Waals surface area contributed by atoms with E-state index in [1.807, 2.05) is 0 Å². The first-order valence-corrected chi connectivity index (χ1v) is 8.43. The molecule has 2 aromatic carbocycles. The minimum absolute atomic E-state index is 0.0702. The van der Waals surface area contributed by atoms with Crippen LogP contribution in [0.1, 0.15) is 15.9 Å². The summed E-state index contributed by atoms with van der Waals surface area (Å²) in [5.41, 5.74) is 0.989. The van der Waals surface area contributed by atoms with E-state index in [0.717, 1.165) is 36.4 Å². The molecule has 0 unspecified atom stereocenters. The number of hydrogen-bond acceptors (Lipinski definition) is 3. The van der Waals surface area contributed by atoms with Crippen molar-refractivity contribution in [3.05, 3.63) is 89.1 Å². The van der Waals surface area contributed by atoms with Crippen molar-refractivity contribution in [1.82, 2.24) is 19.9 Å². The average molecular weight is 400 g/mol. The molecule has 2 heterocycles. The summed E-state index contributed by atoms with van der Waals surface area (Å²) in [5, 5.41) is 10.4. The van der Waals surface area contributed by atoms with Gasteiger partial charge in [0.15, 0.2) is 11.5 Å². The first kappa shape index (κ1) is 18.6. The molecule has 0 radical (unpaired) electrons. The van der Waals surface area contributed by atoms with Gasteiger partial charge in [-0.05, 0) is 42.0 Å². The molecule has 4 rings (SSSR count). The molecular formula is C20H12F4N4O. The molecule has 0 atom stereocenters. The van der Waals surface area contributed by atoms with Gasteiger partial charge in [0.25, 0.3) is 5.91 Å². The highest BCUT2D eigenvalue weighted by molar-refractivity contribution is 5.95. The number of amides is 1.